The summed E-state index contributed by atoms with van der Waals surface area (Å²) >= 11 is 7.65. The molecule has 2 rings (SSSR count). The van der Waals surface area contributed by atoms with E-state index in [4.69, 9.17) is 16.3 Å². The number of rotatable bonds is 5. The van der Waals surface area contributed by atoms with Crippen LogP contribution in [0, 0.1) is 0 Å². The Balaban J connectivity index is 2.14. The first-order valence-electron chi connectivity index (χ1n) is 6.07. The van der Waals surface area contributed by atoms with Gasteiger partial charge < -0.3 is 9.64 Å². The van der Waals surface area contributed by atoms with Crippen LogP contribution in [0.1, 0.15) is 16.9 Å². The molecule has 0 spiro atoms. The molecule has 5 nitrogen and oxygen atoms in total. The minimum Gasteiger partial charge on any atom is -0.383 e. The smallest absolute Gasteiger partial charge is 0.274 e. The number of aromatic nitrogens is 2. The standard InChI is InChI=1S/C12H16ClN3O2S/c1-18-4-3-16(9-2-5-19-8-9)12(17)10-6-14-7-11(13)15-10/h6-7,9H,2-5,8H2,1H3. The van der Waals surface area contributed by atoms with Gasteiger partial charge in [-0.25, -0.2) is 4.98 Å². The van der Waals surface area contributed by atoms with Crippen LogP contribution in [-0.4, -0.2) is 58.6 Å². The van der Waals surface area contributed by atoms with Crippen LogP contribution < -0.4 is 0 Å². The van der Waals surface area contributed by atoms with E-state index in [2.05, 4.69) is 9.97 Å². The fourth-order valence-corrected chi connectivity index (χ4v) is 3.37. The summed E-state index contributed by atoms with van der Waals surface area (Å²) in [7, 11) is 1.63. The van der Waals surface area contributed by atoms with Gasteiger partial charge in [-0.15, -0.1) is 0 Å². The van der Waals surface area contributed by atoms with Crippen molar-refractivity contribution in [3.63, 3.8) is 0 Å². The monoisotopic (exact) mass is 301 g/mol. The third-order valence-electron chi connectivity index (χ3n) is 2.97. The van der Waals surface area contributed by atoms with Crippen molar-refractivity contribution < 1.29 is 9.53 Å². The third-order valence-corrected chi connectivity index (χ3v) is 4.29. The Kier molecular flexibility index (Phi) is 5.42. The second-order valence-corrected chi connectivity index (χ2v) is 5.77. The van der Waals surface area contributed by atoms with E-state index in [1.165, 1.54) is 12.4 Å². The normalized spacial score (nSPS) is 18.5. The second-order valence-electron chi connectivity index (χ2n) is 4.24. The zero-order chi connectivity index (χ0) is 13.7. The van der Waals surface area contributed by atoms with Crippen molar-refractivity contribution in [2.24, 2.45) is 0 Å². The van der Waals surface area contributed by atoms with Gasteiger partial charge in [0.1, 0.15) is 10.8 Å². The van der Waals surface area contributed by atoms with Gasteiger partial charge in [-0.1, -0.05) is 11.6 Å². The lowest BCUT2D eigenvalue weighted by Gasteiger charge is -2.27. The molecule has 0 aliphatic carbocycles. The average Bonchev–Trinajstić information content (AvgIpc) is 2.93. The Morgan fingerprint density at radius 1 is 1.63 bits per heavy atom. The van der Waals surface area contributed by atoms with Gasteiger partial charge in [-0.05, 0) is 12.2 Å². The second kappa shape index (κ2) is 7.07. The Morgan fingerprint density at radius 3 is 3.11 bits per heavy atom. The summed E-state index contributed by atoms with van der Waals surface area (Å²) in [5.74, 6) is 1.92. The SMILES string of the molecule is COCCN(C(=O)c1cncc(Cl)n1)C1CCSC1. The quantitative estimate of drug-likeness (QED) is 0.829. The fourth-order valence-electron chi connectivity index (χ4n) is 2.00. The predicted molar refractivity (Wildman–Crippen MR) is 75.7 cm³/mol. The first-order valence-corrected chi connectivity index (χ1v) is 7.61. The molecule has 1 fully saturated rings. The fraction of sp³-hybridized carbons (Fsp3) is 0.583. The van der Waals surface area contributed by atoms with E-state index in [1.54, 1.807) is 7.11 Å². The molecule has 0 N–H and O–H groups in total. The van der Waals surface area contributed by atoms with Gasteiger partial charge in [0, 0.05) is 25.4 Å². The summed E-state index contributed by atoms with van der Waals surface area (Å²) in [6, 6.07) is 0.244. The lowest BCUT2D eigenvalue weighted by molar-refractivity contribution is 0.0618. The number of amides is 1. The maximum atomic E-state index is 12.5. The zero-order valence-electron chi connectivity index (χ0n) is 10.7. The summed E-state index contributed by atoms with van der Waals surface area (Å²) in [6.45, 7) is 1.08. The molecule has 0 bridgehead atoms. The predicted octanol–water partition coefficient (Wildman–Crippen LogP) is 1.72. The number of hydrogen-bond acceptors (Lipinski definition) is 5. The summed E-state index contributed by atoms with van der Waals surface area (Å²) in [6.07, 6.45) is 3.88. The van der Waals surface area contributed by atoms with Gasteiger partial charge in [-0.2, -0.15) is 11.8 Å². The van der Waals surface area contributed by atoms with E-state index < -0.39 is 0 Å². The molecular formula is C12H16ClN3O2S. The van der Waals surface area contributed by atoms with Crippen LogP contribution in [-0.2, 0) is 4.74 Å². The molecule has 1 aliphatic heterocycles. The number of ether oxygens (including phenoxy) is 1. The largest absolute Gasteiger partial charge is 0.383 e. The van der Waals surface area contributed by atoms with Gasteiger partial charge in [-0.3, -0.25) is 9.78 Å². The number of halogens is 1. The van der Waals surface area contributed by atoms with Gasteiger partial charge >= 0.3 is 0 Å². The average molecular weight is 302 g/mol. The number of thioether (sulfide) groups is 1. The lowest BCUT2D eigenvalue weighted by atomic mass is 10.2. The van der Waals surface area contributed by atoms with Crippen LogP contribution >= 0.6 is 23.4 Å². The molecule has 1 atom stereocenters. The molecule has 0 aromatic carbocycles. The molecule has 2 heterocycles. The highest BCUT2D eigenvalue weighted by Gasteiger charge is 2.28. The first-order chi connectivity index (χ1) is 9.22. The summed E-state index contributed by atoms with van der Waals surface area (Å²) in [5, 5.41) is 0.235. The molecule has 0 radical (unpaired) electrons. The molecule has 7 heteroatoms. The topological polar surface area (TPSA) is 55.3 Å². The Morgan fingerprint density at radius 2 is 2.47 bits per heavy atom. The van der Waals surface area contributed by atoms with Crippen LogP contribution in [0.2, 0.25) is 5.15 Å². The number of carbonyl (C=O) groups excluding carboxylic acids is 1. The van der Waals surface area contributed by atoms with Crippen LogP contribution in [0.15, 0.2) is 12.4 Å². The van der Waals surface area contributed by atoms with Gasteiger partial charge in [0.2, 0.25) is 0 Å². The summed E-state index contributed by atoms with van der Waals surface area (Å²) in [5.41, 5.74) is 0.292. The van der Waals surface area contributed by atoms with E-state index >= 15 is 0 Å². The van der Waals surface area contributed by atoms with Crippen LogP contribution in [0.3, 0.4) is 0 Å². The van der Waals surface area contributed by atoms with E-state index in [9.17, 15) is 4.79 Å². The Labute approximate surface area is 121 Å². The highest BCUT2D eigenvalue weighted by Crippen LogP contribution is 2.23. The molecular weight excluding hydrogens is 286 g/mol. The van der Waals surface area contributed by atoms with E-state index in [0.717, 1.165) is 17.9 Å². The molecule has 1 aromatic heterocycles. The van der Waals surface area contributed by atoms with Crippen molar-refractivity contribution in [1.29, 1.82) is 0 Å². The third kappa shape index (κ3) is 3.81. The number of carbonyl (C=O) groups is 1. The van der Waals surface area contributed by atoms with Crippen molar-refractivity contribution in [1.82, 2.24) is 14.9 Å². The lowest BCUT2D eigenvalue weighted by Crippen LogP contribution is -2.42. The van der Waals surface area contributed by atoms with Crippen molar-refractivity contribution >= 4 is 29.3 Å². The highest BCUT2D eigenvalue weighted by molar-refractivity contribution is 7.99. The highest BCUT2D eigenvalue weighted by atomic mass is 35.5. The van der Waals surface area contributed by atoms with Crippen molar-refractivity contribution in [3.8, 4) is 0 Å². The van der Waals surface area contributed by atoms with Gasteiger partial charge in [0.25, 0.3) is 5.91 Å². The molecule has 0 saturated carbocycles. The van der Waals surface area contributed by atoms with E-state index in [-0.39, 0.29) is 17.1 Å². The number of methoxy groups -OCH3 is 1. The minimum absolute atomic E-state index is 0.125. The molecule has 104 valence electrons. The van der Waals surface area contributed by atoms with Crippen molar-refractivity contribution in [2.45, 2.75) is 12.5 Å². The number of nitrogens with zero attached hydrogens (tertiary/aromatic N) is 3. The summed E-state index contributed by atoms with van der Waals surface area (Å²) < 4.78 is 5.08. The van der Waals surface area contributed by atoms with Gasteiger partial charge in [0.15, 0.2) is 0 Å². The molecule has 1 amide bonds. The van der Waals surface area contributed by atoms with Crippen molar-refractivity contribution in [2.75, 3.05) is 31.8 Å². The van der Waals surface area contributed by atoms with E-state index in [1.807, 2.05) is 16.7 Å². The molecule has 1 aliphatic rings. The maximum Gasteiger partial charge on any atom is 0.274 e. The van der Waals surface area contributed by atoms with Crippen molar-refractivity contribution in [3.05, 3.63) is 23.2 Å². The Hall–Kier alpha value is -0.850. The summed E-state index contributed by atoms with van der Waals surface area (Å²) in [4.78, 5) is 22.3. The Bertz CT molecular complexity index is 441. The zero-order valence-corrected chi connectivity index (χ0v) is 12.3. The maximum absolute atomic E-state index is 12.5. The molecule has 1 saturated heterocycles. The molecule has 1 unspecified atom stereocenters. The van der Waals surface area contributed by atoms with Gasteiger partial charge in [0.05, 0.1) is 19.0 Å². The van der Waals surface area contributed by atoms with Crippen LogP contribution in [0.25, 0.3) is 0 Å². The minimum atomic E-state index is -0.125. The first kappa shape index (κ1) is 14.6. The molecule has 19 heavy (non-hydrogen) atoms. The van der Waals surface area contributed by atoms with Crippen LogP contribution in [0.5, 0.6) is 0 Å². The number of hydrogen-bond donors (Lipinski definition) is 0. The molecule has 1 aromatic rings. The van der Waals surface area contributed by atoms with Crippen LogP contribution in [0.4, 0.5) is 0 Å². The van der Waals surface area contributed by atoms with E-state index in [0.29, 0.717) is 18.8 Å².